The van der Waals surface area contributed by atoms with E-state index in [1.54, 1.807) is 0 Å². The summed E-state index contributed by atoms with van der Waals surface area (Å²) in [6, 6.07) is 0. The molecule has 3 nitrogen and oxygen atoms in total. The number of hydrogen-bond donors (Lipinski definition) is 1. The molecule has 3 heteroatoms. The highest BCUT2D eigenvalue weighted by Crippen LogP contribution is 2.60. The van der Waals surface area contributed by atoms with Crippen molar-refractivity contribution in [1.29, 1.82) is 0 Å². The van der Waals surface area contributed by atoms with Crippen LogP contribution in [0.25, 0.3) is 0 Å². The summed E-state index contributed by atoms with van der Waals surface area (Å²) in [6.45, 7) is 5.66. The third kappa shape index (κ3) is 2.86. The van der Waals surface area contributed by atoms with Crippen molar-refractivity contribution in [2.75, 3.05) is 20.1 Å². The summed E-state index contributed by atoms with van der Waals surface area (Å²) in [6.07, 6.45) is 8.50. The summed E-state index contributed by atoms with van der Waals surface area (Å²) in [5.41, 5.74) is 6.27. The Bertz CT molecular complexity index is 369. The summed E-state index contributed by atoms with van der Waals surface area (Å²) < 4.78 is 0. The quantitative estimate of drug-likeness (QED) is 0.847. The van der Waals surface area contributed by atoms with Gasteiger partial charge in [-0.1, -0.05) is 13.8 Å². The maximum atomic E-state index is 12.7. The molecule has 4 rings (SSSR count). The Balaban J connectivity index is 1.67. The van der Waals surface area contributed by atoms with Crippen LogP contribution in [0.5, 0.6) is 0 Å². The van der Waals surface area contributed by atoms with E-state index in [-0.39, 0.29) is 11.8 Å². The molecule has 0 aromatic heterocycles. The van der Waals surface area contributed by atoms with Gasteiger partial charge in [-0.3, -0.25) is 4.79 Å². The van der Waals surface area contributed by atoms with Crippen molar-refractivity contribution in [2.24, 2.45) is 40.7 Å². The SMILES string of the molecule is CC(C)C(CN)C(=O)N(C)CC12CC3CC(CC(C3)C1)C2. The number of amides is 1. The second-order valence-corrected chi connectivity index (χ2v) is 8.70. The molecule has 4 bridgehead atoms. The lowest BCUT2D eigenvalue weighted by Gasteiger charge is -2.57. The molecule has 1 amide bonds. The van der Waals surface area contributed by atoms with E-state index in [0.717, 1.165) is 24.3 Å². The van der Waals surface area contributed by atoms with Crippen molar-refractivity contribution < 1.29 is 4.79 Å². The molecule has 0 heterocycles. The van der Waals surface area contributed by atoms with Crippen LogP contribution >= 0.6 is 0 Å². The number of carbonyl (C=O) groups excluding carboxylic acids is 1. The van der Waals surface area contributed by atoms with Crippen LogP contribution in [-0.4, -0.2) is 30.9 Å². The first kappa shape index (κ1) is 15.3. The van der Waals surface area contributed by atoms with Crippen LogP contribution in [0.3, 0.4) is 0 Å². The van der Waals surface area contributed by atoms with Gasteiger partial charge >= 0.3 is 0 Å². The van der Waals surface area contributed by atoms with E-state index in [0.29, 0.717) is 17.9 Å². The highest BCUT2D eigenvalue weighted by atomic mass is 16.2. The van der Waals surface area contributed by atoms with Crippen LogP contribution in [0, 0.1) is 35.0 Å². The molecule has 1 atom stereocenters. The van der Waals surface area contributed by atoms with Crippen molar-refractivity contribution in [3.05, 3.63) is 0 Å². The Kier molecular flexibility index (Phi) is 4.06. The molecule has 0 radical (unpaired) electrons. The highest BCUT2D eigenvalue weighted by molar-refractivity contribution is 5.79. The molecule has 0 aromatic rings. The van der Waals surface area contributed by atoms with Gasteiger partial charge in [-0.15, -0.1) is 0 Å². The summed E-state index contributed by atoms with van der Waals surface area (Å²) in [7, 11) is 2.01. The number of nitrogens with zero attached hydrogens (tertiary/aromatic N) is 1. The van der Waals surface area contributed by atoms with Crippen molar-refractivity contribution in [1.82, 2.24) is 4.90 Å². The molecule has 2 N–H and O–H groups in total. The Morgan fingerprint density at radius 3 is 2.00 bits per heavy atom. The van der Waals surface area contributed by atoms with E-state index in [1.165, 1.54) is 38.5 Å². The molecular formula is C18H32N2O. The van der Waals surface area contributed by atoms with Crippen LogP contribution < -0.4 is 5.73 Å². The zero-order valence-corrected chi connectivity index (χ0v) is 14.0. The molecular weight excluding hydrogens is 260 g/mol. The van der Waals surface area contributed by atoms with Gasteiger partial charge in [0.15, 0.2) is 0 Å². The predicted molar refractivity (Wildman–Crippen MR) is 85.6 cm³/mol. The van der Waals surface area contributed by atoms with Crippen LogP contribution in [-0.2, 0) is 4.79 Å². The van der Waals surface area contributed by atoms with Crippen molar-refractivity contribution in [3.8, 4) is 0 Å². The lowest BCUT2D eigenvalue weighted by molar-refractivity contribution is -0.140. The Hall–Kier alpha value is -0.570. The molecule has 4 saturated carbocycles. The van der Waals surface area contributed by atoms with Gasteiger partial charge in [0, 0.05) is 20.1 Å². The predicted octanol–water partition coefficient (Wildman–Crippen LogP) is 2.89. The summed E-state index contributed by atoms with van der Waals surface area (Å²) >= 11 is 0. The molecule has 1 unspecified atom stereocenters. The normalized spacial score (nSPS) is 38.8. The van der Waals surface area contributed by atoms with Gasteiger partial charge in [-0.25, -0.2) is 0 Å². The average molecular weight is 292 g/mol. The molecule has 4 aliphatic rings. The monoisotopic (exact) mass is 292 g/mol. The third-order valence-electron chi connectivity index (χ3n) is 6.49. The second kappa shape index (κ2) is 5.57. The van der Waals surface area contributed by atoms with E-state index < -0.39 is 0 Å². The van der Waals surface area contributed by atoms with Crippen molar-refractivity contribution >= 4 is 5.91 Å². The van der Waals surface area contributed by atoms with Gasteiger partial charge in [0.25, 0.3) is 0 Å². The van der Waals surface area contributed by atoms with E-state index in [2.05, 4.69) is 13.8 Å². The van der Waals surface area contributed by atoms with Gasteiger partial charge in [0.05, 0.1) is 5.92 Å². The Morgan fingerprint density at radius 1 is 1.14 bits per heavy atom. The third-order valence-corrected chi connectivity index (χ3v) is 6.49. The van der Waals surface area contributed by atoms with E-state index in [9.17, 15) is 4.79 Å². The molecule has 4 aliphatic carbocycles. The van der Waals surface area contributed by atoms with E-state index >= 15 is 0 Å². The number of rotatable bonds is 5. The fourth-order valence-electron chi connectivity index (χ4n) is 6.01. The summed E-state index contributed by atoms with van der Waals surface area (Å²) in [5.74, 6) is 3.45. The number of carbonyl (C=O) groups is 1. The van der Waals surface area contributed by atoms with Gasteiger partial charge < -0.3 is 10.6 Å². The van der Waals surface area contributed by atoms with Gasteiger partial charge in [0.2, 0.25) is 5.91 Å². The first-order valence-corrected chi connectivity index (χ1v) is 8.87. The largest absolute Gasteiger partial charge is 0.345 e. The molecule has 120 valence electrons. The Morgan fingerprint density at radius 2 is 1.62 bits per heavy atom. The molecule has 0 aromatic carbocycles. The lowest BCUT2D eigenvalue weighted by Crippen LogP contribution is -2.52. The zero-order valence-electron chi connectivity index (χ0n) is 14.0. The highest BCUT2D eigenvalue weighted by Gasteiger charge is 2.51. The standard InChI is InChI=1S/C18H32N2O/c1-12(2)16(10-19)17(21)20(3)11-18-7-13-4-14(8-18)6-15(5-13)9-18/h12-16H,4-11,19H2,1-3H3. The van der Waals surface area contributed by atoms with Gasteiger partial charge in [-0.05, 0) is 67.6 Å². The second-order valence-electron chi connectivity index (χ2n) is 8.70. The number of nitrogens with two attached hydrogens (primary N) is 1. The van der Waals surface area contributed by atoms with Crippen LogP contribution in [0.15, 0.2) is 0 Å². The van der Waals surface area contributed by atoms with Crippen molar-refractivity contribution in [2.45, 2.75) is 52.4 Å². The fraction of sp³-hybridized carbons (Fsp3) is 0.944. The zero-order chi connectivity index (χ0) is 15.2. The smallest absolute Gasteiger partial charge is 0.226 e. The first-order chi connectivity index (χ1) is 9.92. The van der Waals surface area contributed by atoms with Gasteiger partial charge in [0.1, 0.15) is 0 Å². The number of hydrogen-bond acceptors (Lipinski definition) is 2. The Labute approximate surface area is 129 Å². The summed E-state index contributed by atoms with van der Waals surface area (Å²) in [4.78, 5) is 14.7. The van der Waals surface area contributed by atoms with Crippen molar-refractivity contribution in [3.63, 3.8) is 0 Å². The minimum atomic E-state index is -0.0103. The van der Waals surface area contributed by atoms with Gasteiger partial charge in [-0.2, -0.15) is 0 Å². The molecule has 0 aliphatic heterocycles. The maximum absolute atomic E-state index is 12.7. The topological polar surface area (TPSA) is 46.3 Å². The summed E-state index contributed by atoms with van der Waals surface area (Å²) in [5, 5.41) is 0. The minimum Gasteiger partial charge on any atom is -0.345 e. The first-order valence-electron chi connectivity index (χ1n) is 8.87. The van der Waals surface area contributed by atoms with E-state index in [4.69, 9.17) is 5.73 Å². The maximum Gasteiger partial charge on any atom is 0.226 e. The van der Waals surface area contributed by atoms with E-state index in [1.807, 2.05) is 11.9 Å². The van der Waals surface area contributed by atoms with Crippen LogP contribution in [0.4, 0.5) is 0 Å². The molecule has 0 saturated heterocycles. The van der Waals surface area contributed by atoms with Crippen LogP contribution in [0.1, 0.15) is 52.4 Å². The fourth-order valence-corrected chi connectivity index (χ4v) is 6.01. The minimum absolute atomic E-state index is 0.0103. The van der Waals surface area contributed by atoms with Crippen LogP contribution in [0.2, 0.25) is 0 Å². The lowest BCUT2D eigenvalue weighted by atomic mass is 9.49. The molecule has 21 heavy (non-hydrogen) atoms. The molecule has 0 spiro atoms. The average Bonchev–Trinajstić information content (AvgIpc) is 2.36. The molecule has 4 fully saturated rings.